The fraction of sp³-hybridized carbons (Fsp3) is 0.500. The molecule has 3 rings (SSSR count). The summed E-state index contributed by atoms with van der Waals surface area (Å²) in [6.07, 6.45) is 5.30. The van der Waals surface area contributed by atoms with Gasteiger partial charge in [-0.3, -0.25) is 4.79 Å². The van der Waals surface area contributed by atoms with E-state index in [0.29, 0.717) is 10.4 Å². The number of hydrogen-bond donors (Lipinski definition) is 1. The van der Waals surface area contributed by atoms with E-state index in [0.717, 1.165) is 17.7 Å². The summed E-state index contributed by atoms with van der Waals surface area (Å²) in [5, 5.41) is 10.2. The molecule has 4 heteroatoms. The molecule has 2 aliphatic rings. The van der Waals surface area contributed by atoms with Gasteiger partial charge >= 0.3 is 5.97 Å². The number of hydrogen-bond acceptors (Lipinski definition) is 2. The van der Waals surface area contributed by atoms with Gasteiger partial charge in [0.25, 0.3) is 0 Å². The van der Waals surface area contributed by atoms with Crippen LogP contribution in [-0.2, 0) is 4.79 Å². The van der Waals surface area contributed by atoms with Crippen molar-refractivity contribution in [2.45, 2.75) is 41.7 Å². The van der Waals surface area contributed by atoms with E-state index in [1.54, 1.807) is 0 Å². The predicted molar refractivity (Wildman–Crippen MR) is 73.2 cm³/mol. The molecular formula is C14H15ClO2S. The summed E-state index contributed by atoms with van der Waals surface area (Å²) in [5.74, 6) is -0.676. The van der Waals surface area contributed by atoms with Gasteiger partial charge in [-0.05, 0) is 49.3 Å². The standard InChI is InChI=1S/C14H15ClO2S/c15-10-3-1-4-11(7-10)18-14(12(16)17)8-13(9-14)5-2-6-13/h1,3-4,7H,2,5-6,8-9H2,(H,16,17). The molecule has 0 amide bonds. The van der Waals surface area contributed by atoms with E-state index in [-0.39, 0.29) is 0 Å². The Balaban J connectivity index is 1.78. The molecule has 1 N–H and O–H groups in total. The zero-order valence-electron chi connectivity index (χ0n) is 9.99. The van der Waals surface area contributed by atoms with Crippen LogP contribution in [0.15, 0.2) is 29.2 Å². The molecule has 96 valence electrons. The van der Waals surface area contributed by atoms with Crippen molar-refractivity contribution in [3.8, 4) is 0 Å². The molecule has 0 radical (unpaired) electrons. The van der Waals surface area contributed by atoms with Crippen LogP contribution in [0.4, 0.5) is 0 Å². The van der Waals surface area contributed by atoms with Crippen LogP contribution in [0, 0.1) is 5.41 Å². The third kappa shape index (κ3) is 1.94. The predicted octanol–water partition coefficient (Wildman–Crippen LogP) is 4.22. The number of carboxylic acid groups (broad SMARTS) is 1. The van der Waals surface area contributed by atoms with Crippen molar-refractivity contribution in [1.82, 2.24) is 0 Å². The number of benzene rings is 1. The van der Waals surface area contributed by atoms with Crippen molar-refractivity contribution >= 4 is 29.3 Å². The van der Waals surface area contributed by atoms with Crippen molar-refractivity contribution in [2.75, 3.05) is 0 Å². The van der Waals surface area contributed by atoms with Crippen LogP contribution >= 0.6 is 23.4 Å². The van der Waals surface area contributed by atoms with Crippen LogP contribution in [0.5, 0.6) is 0 Å². The van der Waals surface area contributed by atoms with Gasteiger partial charge < -0.3 is 5.11 Å². The van der Waals surface area contributed by atoms with Crippen LogP contribution in [0.3, 0.4) is 0 Å². The molecule has 18 heavy (non-hydrogen) atoms. The molecule has 0 atom stereocenters. The Morgan fingerprint density at radius 3 is 2.56 bits per heavy atom. The average molecular weight is 283 g/mol. The molecule has 1 spiro atoms. The zero-order valence-corrected chi connectivity index (χ0v) is 11.6. The van der Waals surface area contributed by atoms with Crippen molar-refractivity contribution < 1.29 is 9.90 Å². The Hall–Kier alpha value is -0.670. The number of thioether (sulfide) groups is 1. The van der Waals surface area contributed by atoms with Crippen molar-refractivity contribution in [2.24, 2.45) is 5.41 Å². The first-order valence-electron chi connectivity index (χ1n) is 6.22. The summed E-state index contributed by atoms with van der Waals surface area (Å²) >= 11 is 7.42. The van der Waals surface area contributed by atoms with Crippen LogP contribution in [-0.4, -0.2) is 15.8 Å². The molecule has 2 saturated carbocycles. The van der Waals surface area contributed by atoms with Gasteiger partial charge in [0.1, 0.15) is 4.75 Å². The van der Waals surface area contributed by atoms with Gasteiger partial charge in [-0.1, -0.05) is 24.1 Å². The highest BCUT2D eigenvalue weighted by molar-refractivity contribution is 8.01. The molecule has 2 nitrogen and oxygen atoms in total. The van der Waals surface area contributed by atoms with Crippen LogP contribution in [0.25, 0.3) is 0 Å². The van der Waals surface area contributed by atoms with Crippen molar-refractivity contribution in [3.05, 3.63) is 29.3 Å². The number of carbonyl (C=O) groups is 1. The van der Waals surface area contributed by atoms with E-state index in [4.69, 9.17) is 11.6 Å². The van der Waals surface area contributed by atoms with E-state index in [2.05, 4.69) is 0 Å². The van der Waals surface area contributed by atoms with Crippen LogP contribution < -0.4 is 0 Å². The number of rotatable bonds is 3. The minimum absolute atomic E-state index is 0.351. The van der Waals surface area contributed by atoms with E-state index in [9.17, 15) is 9.90 Å². The Morgan fingerprint density at radius 2 is 2.06 bits per heavy atom. The summed E-state index contributed by atoms with van der Waals surface area (Å²) in [6.45, 7) is 0. The van der Waals surface area contributed by atoms with E-state index < -0.39 is 10.7 Å². The number of halogens is 1. The van der Waals surface area contributed by atoms with E-state index in [1.165, 1.54) is 31.0 Å². The number of aliphatic carboxylic acids is 1. The first-order chi connectivity index (χ1) is 8.54. The highest BCUT2D eigenvalue weighted by atomic mass is 35.5. The zero-order chi connectivity index (χ0) is 12.8. The van der Waals surface area contributed by atoms with Gasteiger partial charge in [-0.25, -0.2) is 0 Å². The summed E-state index contributed by atoms with van der Waals surface area (Å²) in [4.78, 5) is 12.5. The summed E-state index contributed by atoms with van der Waals surface area (Å²) < 4.78 is -0.620. The lowest BCUT2D eigenvalue weighted by molar-refractivity contribution is -0.149. The Kier molecular flexibility index (Phi) is 2.87. The maximum Gasteiger partial charge on any atom is 0.320 e. The normalized spacial score (nSPS) is 23.2. The largest absolute Gasteiger partial charge is 0.480 e. The minimum atomic E-state index is -0.676. The molecule has 2 fully saturated rings. The third-order valence-electron chi connectivity index (χ3n) is 4.23. The van der Waals surface area contributed by atoms with Gasteiger partial charge in [0.15, 0.2) is 0 Å². The first kappa shape index (κ1) is 12.4. The fourth-order valence-electron chi connectivity index (χ4n) is 3.21. The van der Waals surface area contributed by atoms with Gasteiger partial charge in [0.2, 0.25) is 0 Å². The molecular weight excluding hydrogens is 268 g/mol. The Morgan fingerprint density at radius 1 is 1.33 bits per heavy atom. The molecule has 0 aromatic heterocycles. The van der Waals surface area contributed by atoms with Crippen LogP contribution in [0.2, 0.25) is 5.02 Å². The van der Waals surface area contributed by atoms with Gasteiger partial charge in [-0.15, -0.1) is 11.8 Å². The molecule has 1 aromatic rings. The first-order valence-corrected chi connectivity index (χ1v) is 7.41. The molecule has 0 unspecified atom stereocenters. The lowest BCUT2D eigenvalue weighted by Gasteiger charge is -2.58. The second kappa shape index (κ2) is 4.17. The highest BCUT2D eigenvalue weighted by Crippen LogP contribution is 2.65. The summed E-state index contributed by atoms with van der Waals surface area (Å²) in [7, 11) is 0. The monoisotopic (exact) mass is 282 g/mol. The highest BCUT2D eigenvalue weighted by Gasteiger charge is 2.61. The lowest BCUT2D eigenvalue weighted by atomic mass is 9.51. The molecule has 0 aliphatic heterocycles. The van der Waals surface area contributed by atoms with Gasteiger partial charge in [0.05, 0.1) is 0 Å². The third-order valence-corrected chi connectivity index (χ3v) is 5.81. The van der Waals surface area contributed by atoms with Crippen molar-refractivity contribution in [3.63, 3.8) is 0 Å². The second-order valence-corrected chi connectivity index (χ2v) is 7.46. The van der Waals surface area contributed by atoms with Gasteiger partial charge in [-0.2, -0.15) is 0 Å². The molecule has 0 heterocycles. The molecule has 2 aliphatic carbocycles. The smallest absolute Gasteiger partial charge is 0.320 e. The number of carboxylic acids is 1. The maximum atomic E-state index is 11.6. The molecule has 1 aromatic carbocycles. The van der Waals surface area contributed by atoms with E-state index in [1.807, 2.05) is 24.3 Å². The SMILES string of the molecule is O=C(O)C1(Sc2cccc(Cl)c2)CC2(CCC2)C1. The Bertz CT molecular complexity index is 488. The topological polar surface area (TPSA) is 37.3 Å². The minimum Gasteiger partial charge on any atom is -0.480 e. The fourth-order valence-corrected chi connectivity index (χ4v) is 5.10. The van der Waals surface area contributed by atoms with E-state index >= 15 is 0 Å². The average Bonchev–Trinajstić information content (AvgIpc) is 2.19. The van der Waals surface area contributed by atoms with Crippen molar-refractivity contribution in [1.29, 1.82) is 0 Å². The second-order valence-electron chi connectivity index (χ2n) is 5.57. The summed E-state index contributed by atoms with van der Waals surface area (Å²) in [6, 6.07) is 7.47. The maximum absolute atomic E-state index is 11.6. The van der Waals surface area contributed by atoms with Crippen LogP contribution in [0.1, 0.15) is 32.1 Å². The molecule has 0 bridgehead atoms. The quantitative estimate of drug-likeness (QED) is 0.902. The lowest BCUT2D eigenvalue weighted by Crippen LogP contribution is -2.57. The molecule has 0 saturated heterocycles. The Labute approximate surface area is 116 Å². The summed E-state index contributed by atoms with van der Waals surface area (Å²) in [5.41, 5.74) is 0.351. The van der Waals surface area contributed by atoms with Gasteiger partial charge in [0, 0.05) is 9.92 Å².